The second-order valence-electron chi connectivity index (χ2n) is 7.56. The summed E-state index contributed by atoms with van der Waals surface area (Å²) in [7, 11) is 0. The number of para-hydroxylation sites is 1. The van der Waals surface area contributed by atoms with Gasteiger partial charge < -0.3 is 28.8 Å². The molecule has 6 rings (SSSR count). The number of amides is 1. The third-order valence-corrected chi connectivity index (χ3v) is 5.52. The number of carbonyl (C=O) groups excluding carboxylic acids is 1. The molecule has 0 spiro atoms. The number of furan rings is 1. The normalized spacial score (nSPS) is 15.8. The maximum absolute atomic E-state index is 13.1. The molecule has 0 saturated carbocycles. The van der Waals surface area contributed by atoms with Crippen molar-refractivity contribution in [3.63, 3.8) is 0 Å². The summed E-state index contributed by atoms with van der Waals surface area (Å²) in [4.78, 5) is 24.4. The zero-order valence-corrected chi connectivity index (χ0v) is 17.2. The van der Waals surface area contributed by atoms with Crippen molar-refractivity contribution in [3.8, 4) is 11.5 Å². The summed E-state index contributed by atoms with van der Waals surface area (Å²) < 4.78 is 22.7. The number of carbonyl (C=O) groups is 1. The fraction of sp³-hybridized carbons (Fsp3) is 0.261. The maximum Gasteiger partial charge on any atom is 0.293 e. The molecule has 9 heteroatoms. The van der Waals surface area contributed by atoms with Gasteiger partial charge >= 0.3 is 0 Å². The average molecular weight is 432 g/mol. The Hall–Kier alpha value is -3.85. The molecular weight excluding hydrogens is 412 g/mol. The lowest BCUT2D eigenvalue weighted by Gasteiger charge is -2.27. The molecular formula is C23H20N4O5. The van der Waals surface area contributed by atoms with E-state index in [4.69, 9.17) is 18.6 Å². The van der Waals surface area contributed by atoms with E-state index in [0.29, 0.717) is 79.2 Å². The van der Waals surface area contributed by atoms with Gasteiger partial charge in [-0.15, -0.1) is 0 Å². The summed E-state index contributed by atoms with van der Waals surface area (Å²) in [6, 6.07) is 12.9. The van der Waals surface area contributed by atoms with Gasteiger partial charge in [-0.3, -0.25) is 4.79 Å². The highest BCUT2D eigenvalue weighted by atomic mass is 16.6. The van der Waals surface area contributed by atoms with Crippen LogP contribution < -0.4 is 19.7 Å². The van der Waals surface area contributed by atoms with Crippen molar-refractivity contribution in [2.45, 2.75) is 0 Å². The molecule has 2 aromatic heterocycles. The van der Waals surface area contributed by atoms with Crippen molar-refractivity contribution in [1.29, 1.82) is 0 Å². The molecule has 0 atom stereocenters. The first-order valence-electron chi connectivity index (χ1n) is 10.5. The molecule has 32 heavy (non-hydrogen) atoms. The number of nitrogens with zero attached hydrogens (tertiary/aromatic N) is 3. The van der Waals surface area contributed by atoms with Gasteiger partial charge in [0.1, 0.15) is 24.3 Å². The quantitative estimate of drug-likeness (QED) is 0.527. The van der Waals surface area contributed by atoms with Crippen molar-refractivity contribution in [2.75, 3.05) is 49.7 Å². The molecule has 0 bridgehead atoms. The molecule has 1 N–H and O–H groups in total. The zero-order chi connectivity index (χ0) is 21.5. The first-order chi connectivity index (χ1) is 15.8. The van der Waals surface area contributed by atoms with Crippen molar-refractivity contribution in [3.05, 3.63) is 48.3 Å². The monoisotopic (exact) mass is 432 g/mol. The number of fused-ring (bicyclic) bond motifs is 4. The smallest absolute Gasteiger partial charge is 0.293 e. The van der Waals surface area contributed by atoms with Crippen LogP contribution in [-0.4, -0.2) is 55.4 Å². The maximum atomic E-state index is 13.1. The van der Waals surface area contributed by atoms with Crippen LogP contribution in [0.5, 0.6) is 11.5 Å². The number of benzene rings is 2. The minimum atomic E-state index is -0.414. The van der Waals surface area contributed by atoms with Crippen LogP contribution >= 0.6 is 0 Å². The van der Waals surface area contributed by atoms with Crippen molar-refractivity contribution in [1.82, 2.24) is 9.97 Å². The number of ether oxygens (including phenoxy) is 3. The van der Waals surface area contributed by atoms with E-state index in [9.17, 15) is 4.79 Å². The van der Waals surface area contributed by atoms with Gasteiger partial charge in [0.05, 0.1) is 13.2 Å². The molecule has 0 aliphatic carbocycles. The van der Waals surface area contributed by atoms with Gasteiger partial charge in [0, 0.05) is 30.2 Å². The summed E-state index contributed by atoms with van der Waals surface area (Å²) in [5, 5.41) is 3.71. The number of morpholine rings is 1. The van der Waals surface area contributed by atoms with E-state index in [1.54, 1.807) is 18.2 Å². The van der Waals surface area contributed by atoms with Crippen molar-refractivity contribution >= 4 is 39.5 Å². The van der Waals surface area contributed by atoms with Gasteiger partial charge in [-0.1, -0.05) is 12.1 Å². The van der Waals surface area contributed by atoms with Crippen LogP contribution in [0.4, 0.5) is 11.5 Å². The molecule has 1 amide bonds. The molecule has 162 valence electrons. The lowest BCUT2D eigenvalue weighted by molar-refractivity contribution is 0.101. The Kier molecular flexibility index (Phi) is 4.53. The molecule has 9 nitrogen and oxygen atoms in total. The Morgan fingerprint density at radius 2 is 1.75 bits per heavy atom. The van der Waals surface area contributed by atoms with E-state index in [1.807, 2.05) is 24.3 Å². The van der Waals surface area contributed by atoms with Crippen LogP contribution in [-0.2, 0) is 4.74 Å². The van der Waals surface area contributed by atoms with Gasteiger partial charge in [0.2, 0.25) is 5.82 Å². The Labute approximate surface area is 182 Å². The van der Waals surface area contributed by atoms with E-state index >= 15 is 0 Å². The van der Waals surface area contributed by atoms with E-state index in [1.165, 1.54) is 0 Å². The Morgan fingerprint density at radius 3 is 2.62 bits per heavy atom. The highest BCUT2D eigenvalue weighted by molar-refractivity contribution is 6.09. The SMILES string of the molecule is O=C(Nc1ccc2c(c1)OCCO2)c1nc(N2CCOCC2)c2oc3ccccc3c2n1. The summed E-state index contributed by atoms with van der Waals surface area (Å²) in [6.07, 6.45) is 0. The number of anilines is 2. The summed E-state index contributed by atoms with van der Waals surface area (Å²) >= 11 is 0. The zero-order valence-electron chi connectivity index (χ0n) is 17.2. The number of rotatable bonds is 3. The minimum absolute atomic E-state index is 0.0698. The van der Waals surface area contributed by atoms with Crippen LogP contribution in [0, 0.1) is 0 Å². The van der Waals surface area contributed by atoms with E-state index in [0.717, 1.165) is 5.39 Å². The summed E-state index contributed by atoms with van der Waals surface area (Å²) in [5.74, 6) is 1.51. The fourth-order valence-electron chi connectivity index (χ4n) is 3.98. The van der Waals surface area contributed by atoms with Gasteiger partial charge in [0.25, 0.3) is 5.91 Å². The highest BCUT2D eigenvalue weighted by Crippen LogP contribution is 2.34. The van der Waals surface area contributed by atoms with Crippen molar-refractivity contribution < 1.29 is 23.4 Å². The molecule has 2 aliphatic heterocycles. The van der Waals surface area contributed by atoms with Crippen LogP contribution in [0.15, 0.2) is 46.9 Å². The molecule has 0 unspecified atom stereocenters. The molecule has 2 aliphatic rings. The van der Waals surface area contributed by atoms with Crippen LogP contribution in [0.3, 0.4) is 0 Å². The van der Waals surface area contributed by atoms with Crippen LogP contribution in [0.1, 0.15) is 10.6 Å². The van der Waals surface area contributed by atoms with Gasteiger partial charge in [0.15, 0.2) is 22.9 Å². The number of hydrogen-bond donors (Lipinski definition) is 1. The number of hydrogen-bond acceptors (Lipinski definition) is 8. The third kappa shape index (κ3) is 3.27. The van der Waals surface area contributed by atoms with Gasteiger partial charge in [-0.2, -0.15) is 0 Å². The standard InChI is InChI=1S/C23H20N4O5/c28-23(24-14-5-6-17-18(13-14)31-12-11-30-17)21-25-19-15-3-1-2-4-16(15)32-20(19)22(26-21)27-7-9-29-10-8-27/h1-6,13H,7-12H2,(H,24,28). The second-order valence-corrected chi connectivity index (χ2v) is 7.56. The second kappa shape index (κ2) is 7.69. The van der Waals surface area contributed by atoms with Crippen LogP contribution in [0.2, 0.25) is 0 Å². The summed E-state index contributed by atoms with van der Waals surface area (Å²) in [5.41, 5.74) is 2.47. The average Bonchev–Trinajstić information content (AvgIpc) is 3.22. The lowest BCUT2D eigenvalue weighted by Crippen LogP contribution is -2.37. The lowest BCUT2D eigenvalue weighted by atomic mass is 10.2. The Bertz CT molecular complexity index is 1330. The molecule has 4 heterocycles. The van der Waals surface area contributed by atoms with Gasteiger partial charge in [-0.05, 0) is 24.3 Å². The Balaban J connectivity index is 1.41. The molecule has 0 radical (unpaired) electrons. The van der Waals surface area contributed by atoms with Crippen molar-refractivity contribution in [2.24, 2.45) is 0 Å². The summed E-state index contributed by atoms with van der Waals surface area (Å²) in [6.45, 7) is 3.48. The first-order valence-corrected chi connectivity index (χ1v) is 10.5. The molecule has 2 aromatic carbocycles. The first kappa shape index (κ1) is 18.9. The molecule has 1 saturated heterocycles. The third-order valence-electron chi connectivity index (χ3n) is 5.52. The van der Waals surface area contributed by atoms with E-state index < -0.39 is 5.91 Å². The number of nitrogens with one attached hydrogen (secondary N) is 1. The van der Waals surface area contributed by atoms with E-state index in [-0.39, 0.29) is 5.82 Å². The largest absolute Gasteiger partial charge is 0.486 e. The highest BCUT2D eigenvalue weighted by Gasteiger charge is 2.24. The predicted octanol–water partition coefficient (Wildman–Crippen LogP) is 3.24. The Morgan fingerprint density at radius 1 is 0.938 bits per heavy atom. The number of aromatic nitrogens is 2. The van der Waals surface area contributed by atoms with E-state index in [2.05, 4.69) is 20.2 Å². The van der Waals surface area contributed by atoms with Crippen LogP contribution in [0.25, 0.3) is 22.1 Å². The topological polar surface area (TPSA) is 99.0 Å². The fourth-order valence-corrected chi connectivity index (χ4v) is 3.98. The minimum Gasteiger partial charge on any atom is -0.486 e. The molecule has 4 aromatic rings. The van der Waals surface area contributed by atoms with Gasteiger partial charge in [-0.25, -0.2) is 9.97 Å². The predicted molar refractivity (Wildman–Crippen MR) is 118 cm³/mol. The molecule has 1 fully saturated rings.